The molecule has 0 saturated carbocycles. The quantitative estimate of drug-likeness (QED) is 0.226. The summed E-state index contributed by atoms with van der Waals surface area (Å²) in [6.45, 7) is 2.05. The largest absolute Gasteiger partial charge is 0.301 e. The lowest BCUT2D eigenvalue weighted by molar-refractivity contribution is -0.113. The summed E-state index contributed by atoms with van der Waals surface area (Å²) < 4.78 is 2.01. The first-order chi connectivity index (χ1) is 17.6. The molecular weight excluding hydrogens is 510 g/mol. The smallest absolute Gasteiger partial charge is 0.236 e. The number of aryl methyl sites for hydroxylation is 1. The fourth-order valence-corrected chi connectivity index (χ4v) is 5.44. The molecule has 0 saturated heterocycles. The summed E-state index contributed by atoms with van der Waals surface area (Å²) in [4.78, 5) is 18.2. The van der Waals surface area contributed by atoms with Gasteiger partial charge in [0.2, 0.25) is 5.91 Å². The molecule has 3 aromatic carbocycles. The normalized spacial score (nSPS) is 10.9. The Morgan fingerprint density at radius 1 is 1.00 bits per heavy atom. The Morgan fingerprint density at radius 2 is 1.75 bits per heavy atom. The van der Waals surface area contributed by atoms with E-state index in [0.717, 1.165) is 39.5 Å². The first-order valence-corrected chi connectivity index (χ1v) is 13.4. The Morgan fingerprint density at radius 3 is 2.53 bits per heavy atom. The average molecular weight is 532 g/mol. The molecule has 0 aliphatic rings. The second kappa shape index (κ2) is 11.1. The minimum Gasteiger partial charge on any atom is -0.301 e. The molecule has 0 radical (unpaired) electrons. The van der Waals surface area contributed by atoms with E-state index in [1.807, 2.05) is 77.4 Å². The van der Waals surface area contributed by atoms with Gasteiger partial charge in [-0.05, 0) is 36.2 Å². The molecule has 5 rings (SSSR count). The molecule has 1 amide bonds. The Hall–Kier alpha value is -3.46. The van der Waals surface area contributed by atoms with Gasteiger partial charge in [0, 0.05) is 28.1 Å². The van der Waals surface area contributed by atoms with E-state index in [1.165, 1.54) is 23.1 Å². The number of aromatic nitrogens is 4. The van der Waals surface area contributed by atoms with Crippen LogP contribution in [0.25, 0.3) is 17.1 Å². The molecule has 0 fully saturated rings. The molecule has 9 heteroatoms. The number of hydrogen-bond acceptors (Lipinski definition) is 6. The number of hydrogen-bond donors (Lipinski definition) is 1. The minimum absolute atomic E-state index is 0.145. The number of halogens is 1. The van der Waals surface area contributed by atoms with Crippen LogP contribution in [0.2, 0.25) is 5.02 Å². The molecule has 36 heavy (non-hydrogen) atoms. The number of amides is 1. The van der Waals surface area contributed by atoms with E-state index >= 15 is 0 Å². The van der Waals surface area contributed by atoms with Crippen LogP contribution in [-0.2, 0) is 11.2 Å². The first kappa shape index (κ1) is 24.2. The van der Waals surface area contributed by atoms with Crippen molar-refractivity contribution in [2.75, 3.05) is 11.1 Å². The second-order valence-electron chi connectivity index (χ2n) is 8.07. The van der Waals surface area contributed by atoms with Crippen LogP contribution >= 0.6 is 34.7 Å². The maximum atomic E-state index is 12.7. The zero-order valence-corrected chi connectivity index (χ0v) is 21.8. The molecule has 180 valence electrons. The highest BCUT2D eigenvalue weighted by Crippen LogP contribution is 2.30. The highest BCUT2D eigenvalue weighted by molar-refractivity contribution is 7.99. The molecule has 0 unspecified atom stereocenters. The van der Waals surface area contributed by atoms with E-state index in [2.05, 4.69) is 33.5 Å². The average Bonchev–Trinajstić information content (AvgIpc) is 3.52. The molecule has 2 aromatic heterocycles. The number of anilines is 1. The van der Waals surface area contributed by atoms with Gasteiger partial charge in [0.1, 0.15) is 0 Å². The Labute approximate surface area is 222 Å². The second-order valence-corrected chi connectivity index (χ2v) is 10.6. The van der Waals surface area contributed by atoms with Crippen LogP contribution in [0.5, 0.6) is 0 Å². The fraction of sp³-hybridized carbons (Fsp3) is 0.111. The molecule has 0 spiro atoms. The molecule has 6 nitrogen and oxygen atoms in total. The van der Waals surface area contributed by atoms with Crippen molar-refractivity contribution in [3.05, 3.63) is 106 Å². The maximum Gasteiger partial charge on any atom is 0.236 e. The van der Waals surface area contributed by atoms with Gasteiger partial charge in [0.25, 0.3) is 0 Å². The third-order valence-electron chi connectivity index (χ3n) is 5.45. The first-order valence-electron chi connectivity index (χ1n) is 11.3. The standard InChI is InChI=1S/C27H22ClN5OS2/c1-18-7-5-6-10-23(18)33-25(20-8-3-2-4-9-20)31-32-27(33)35-17-24(34)30-26-29-16-22(36-26)15-19-11-13-21(28)14-12-19/h2-14,16H,15,17H2,1H3,(H,29,30,34). The van der Waals surface area contributed by atoms with Crippen LogP contribution in [0.1, 0.15) is 16.0 Å². The van der Waals surface area contributed by atoms with Crippen LogP contribution in [-0.4, -0.2) is 31.4 Å². The lowest BCUT2D eigenvalue weighted by atomic mass is 10.1. The van der Waals surface area contributed by atoms with E-state index in [0.29, 0.717) is 15.3 Å². The van der Waals surface area contributed by atoms with Gasteiger partial charge in [0.05, 0.1) is 11.4 Å². The highest BCUT2D eigenvalue weighted by atomic mass is 35.5. The molecular formula is C27H22ClN5OS2. The summed E-state index contributed by atoms with van der Waals surface area (Å²) >= 11 is 8.78. The van der Waals surface area contributed by atoms with E-state index < -0.39 is 0 Å². The number of para-hydroxylation sites is 1. The lowest BCUT2D eigenvalue weighted by Gasteiger charge is -2.12. The van der Waals surface area contributed by atoms with E-state index in [9.17, 15) is 4.79 Å². The monoisotopic (exact) mass is 531 g/mol. The number of nitrogens with zero attached hydrogens (tertiary/aromatic N) is 4. The van der Waals surface area contributed by atoms with Gasteiger partial charge in [0.15, 0.2) is 16.1 Å². The van der Waals surface area contributed by atoms with Gasteiger partial charge < -0.3 is 5.32 Å². The lowest BCUT2D eigenvalue weighted by Crippen LogP contribution is -2.14. The molecule has 0 aliphatic carbocycles. The van der Waals surface area contributed by atoms with E-state index in [4.69, 9.17) is 11.6 Å². The maximum absolute atomic E-state index is 12.7. The van der Waals surface area contributed by atoms with Gasteiger partial charge in [-0.15, -0.1) is 21.5 Å². The Bertz CT molecular complexity index is 1480. The summed E-state index contributed by atoms with van der Waals surface area (Å²) in [5, 5.41) is 13.7. The zero-order chi connectivity index (χ0) is 24.9. The third-order valence-corrected chi connectivity index (χ3v) is 7.54. The number of carbonyl (C=O) groups excluding carboxylic acids is 1. The number of thioether (sulfide) groups is 1. The van der Waals surface area contributed by atoms with Crippen molar-refractivity contribution in [3.8, 4) is 17.1 Å². The Balaban J connectivity index is 1.29. The van der Waals surface area contributed by atoms with Gasteiger partial charge in [-0.2, -0.15) is 0 Å². The van der Waals surface area contributed by atoms with Crippen molar-refractivity contribution in [3.63, 3.8) is 0 Å². The van der Waals surface area contributed by atoms with Crippen LogP contribution in [0.4, 0.5) is 5.13 Å². The van der Waals surface area contributed by atoms with Crippen molar-refractivity contribution in [1.82, 2.24) is 19.7 Å². The van der Waals surface area contributed by atoms with Gasteiger partial charge in [-0.1, -0.05) is 84.0 Å². The third kappa shape index (κ3) is 5.67. The van der Waals surface area contributed by atoms with Crippen molar-refractivity contribution < 1.29 is 4.79 Å². The Kier molecular flexibility index (Phi) is 7.46. The van der Waals surface area contributed by atoms with E-state index in [-0.39, 0.29) is 11.7 Å². The zero-order valence-electron chi connectivity index (χ0n) is 19.4. The highest BCUT2D eigenvalue weighted by Gasteiger charge is 2.18. The number of nitrogens with one attached hydrogen (secondary N) is 1. The van der Waals surface area contributed by atoms with Crippen LogP contribution in [0, 0.1) is 6.92 Å². The van der Waals surface area contributed by atoms with Gasteiger partial charge >= 0.3 is 0 Å². The topological polar surface area (TPSA) is 72.7 Å². The number of carbonyl (C=O) groups is 1. The van der Waals surface area contributed by atoms with Crippen LogP contribution in [0.3, 0.4) is 0 Å². The number of benzene rings is 3. The van der Waals surface area contributed by atoms with E-state index in [1.54, 1.807) is 6.20 Å². The molecule has 0 bridgehead atoms. The number of thiazole rings is 1. The molecule has 5 aromatic rings. The fourth-order valence-electron chi connectivity index (χ4n) is 3.71. The summed E-state index contributed by atoms with van der Waals surface area (Å²) in [5.41, 5.74) is 4.18. The summed E-state index contributed by atoms with van der Waals surface area (Å²) in [5.74, 6) is 0.776. The van der Waals surface area contributed by atoms with Crippen LogP contribution < -0.4 is 5.32 Å². The summed E-state index contributed by atoms with van der Waals surface area (Å²) in [7, 11) is 0. The predicted molar refractivity (Wildman–Crippen MR) is 147 cm³/mol. The number of rotatable bonds is 8. The van der Waals surface area contributed by atoms with Crippen LogP contribution in [0.15, 0.2) is 90.2 Å². The summed E-state index contributed by atoms with van der Waals surface area (Å²) in [6.07, 6.45) is 2.53. The van der Waals surface area contributed by atoms with Gasteiger partial charge in [-0.25, -0.2) is 4.98 Å². The van der Waals surface area contributed by atoms with Crippen molar-refractivity contribution in [2.45, 2.75) is 18.5 Å². The van der Waals surface area contributed by atoms with Crippen molar-refractivity contribution in [2.24, 2.45) is 0 Å². The minimum atomic E-state index is -0.145. The molecule has 0 atom stereocenters. The molecule has 2 heterocycles. The predicted octanol–water partition coefficient (Wildman–Crippen LogP) is 6.67. The summed E-state index contributed by atoms with van der Waals surface area (Å²) in [6, 6.07) is 25.7. The van der Waals surface area contributed by atoms with Crippen molar-refractivity contribution >= 4 is 45.7 Å². The SMILES string of the molecule is Cc1ccccc1-n1c(SCC(=O)Nc2ncc(Cc3ccc(Cl)cc3)s2)nnc1-c1ccccc1. The molecule has 1 N–H and O–H groups in total. The van der Waals surface area contributed by atoms with Crippen molar-refractivity contribution in [1.29, 1.82) is 0 Å². The van der Waals surface area contributed by atoms with Gasteiger partial charge in [-0.3, -0.25) is 9.36 Å². The molecule has 0 aliphatic heterocycles.